The average molecular weight is 662 g/mol. The molecule has 1 heterocycles. The van der Waals surface area contributed by atoms with Crippen molar-refractivity contribution in [1.29, 1.82) is 0 Å². The van der Waals surface area contributed by atoms with Crippen molar-refractivity contribution in [3.8, 4) is 0 Å². The molecular formula is C28H27BrCl2N6O4. The van der Waals surface area contributed by atoms with Gasteiger partial charge in [-0.15, -0.1) is 0 Å². The van der Waals surface area contributed by atoms with E-state index in [-0.39, 0.29) is 0 Å². The molecule has 41 heavy (non-hydrogen) atoms. The van der Waals surface area contributed by atoms with Crippen LogP contribution in [-0.4, -0.2) is 57.1 Å². The summed E-state index contributed by atoms with van der Waals surface area (Å²) in [6, 6.07) is 18.7. The summed E-state index contributed by atoms with van der Waals surface area (Å²) in [5.41, 5.74) is 3.26. The molecule has 3 aromatic carbocycles. The highest BCUT2D eigenvalue weighted by Crippen LogP contribution is 2.38. The fraction of sp³-hybridized carbons (Fsp3) is 0.214. The van der Waals surface area contributed by atoms with Gasteiger partial charge in [0.05, 0.1) is 11.3 Å². The van der Waals surface area contributed by atoms with Gasteiger partial charge in [-0.2, -0.15) is 10.2 Å². The Balaban J connectivity index is 1.60. The first-order valence-corrected chi connectivity index (χ1v) is 13.9. The van der Waals surface area contributed by atoms with E-state index >= 15 is 0 Å². The second kappa shape index (κ2) is 12.5. The van der Waals surface area contributed by atoms with Gasteiger partial charge in [0.25, 0.3) is 5.91 Å². The first-order valence-electron chi connectivity index (χ1n) is 12.4. The van der Waals surface area contributed by atoms with Crippen LogP contribution in [0.4, 0.5) is 21.0 Å². The number of rotatable bonds is 7. The lowest BCUT2D eigenvalue weighted by molar-refractivity contribution is -0.124. The molecular weight excluding hydrogens is 635 g/mol. The third-order valence-corrected chi connectivity index (χ3v) is 7.52. The summed E-state index contributed by atoms with van der Waals surface area (Å²) in [6.07, 6.45) is -1.26. The average Bonchev–Trinajstić information content (AvgIpc) is 3.11. The SMILES string of the molecule is C/C(=N/NC(=O)CN1C(=O)N(c2cccc(Cl)c2)C(N(O)C(=O)Nc2cccc(Cl)c2)C1(C)C)c1ccc(Br)cc1. The van der Waals surface area contributed by atoms with Gasteiger partial charge in [0, 0.05) is 25.9 Å². The molecule has 3 N–H and O–H groups in total. The zero-order valence-electron chi connectivity index (χ0n) is 22.3. The van der Waals surface area contributed by atoms with Gasteiger partial charge in [-0.3, -0.25) is 14.9 Å². The molecule has 13 heteroatoms. The number of hydrogen-bond acceptors (Lipinski definition) is 5. The smallest absolute Gasteiger partial charge is 0.306 e. The maximum atomic E-state index is 13.8. The summed E-state index contributed by atoms with van der Waals surface area (Å²) < 4.78 is 0.908. The lowest BCUT2D eigenvalue weighted by Gasteiger charge is -2.38. The minimum absolute atomic E-state index is 0.321. The molecule has 1 unspecified atom stereocenters. The normalized spacial score (nSPS) is 16.5. The van der Waals surface area contributed by atoms with E-state index in [9.17, 15) is 19.6 Å². The van der Waals surface area contributed by atoms with Crippen molar-refractivity contribution in [3.63, 3.8) is 0 Å². The van der Waals surface area contributed by atoms with Crippen molar-refractivity contribution in [2.24, 2.45) is 5.10 Å². The quantitative estimate of drug-likeness (QED) is 0.151. The van der Waals surface area contributed by atoms with E-state index in [0.717, 1.165) is 10.0 Å². The lowest BCUT2D eigenvalue weighted by Crippen LogP contribution is -2.58. The predicted molar refractivity (Wildman–Crippen MR) is 162 cm³/mol. The minimum atomic E-state index is -1.26. The molecule has 5 amide bonds. The third kappa shape index (κ3) is 6.82. The number of nitrogens with one attached hydrogen (secondary N) is 2. The largest absolute Gasteiger partial charge is 0.347 e. The van der Waals surface area contributed by atoms with Crippen LogP contribution in [0.3, 0.4) is 0 Å². The van der Waals surface area contributed by atoms with Crippen LogP contribution in [0.1, 0.15) is 26.3 Å². The van der Waals surface area contributed by atoms with Crippen LogP contribution in [0.25, 0.3) is 0 Å². The Morgan fingerprint density at radius 1 is 1.05 bits per heavy atom. The molecule has 0 saturated carbocycles. The number of carbonyl (C=O) groups is 3. The second-order valence-corrected chi connectivity index (χ2v) is 11.6. The molecule has 214 valence electrons. The zero-order valence-corrected chi connectivity index (χ0v) is 25.4. The molecule has 1 aliphatic heterocycles. The van der Waals surface area contributed by atoms with Gasteiger partial charge in [-0.25, -0.2) is 15.0 Å². The molecule has 10 nitrogen and oxygen atoms in total. The van der Waals surface area contributed by atoms with Crippen molar-refractivity contribution < 1.29 is 19.6 Å². The number of nitrogens with zero attached hydrogens (tertiary/aromatic N) is 4. The molecule has 3 aromatic rings. The van der Waals surface area contributed by atoms with E-state index in [0.29, 0.717) is 32.2 Å². The summed E-state index contributed by atoms with van der Waals surface area (Å²) >= 11 is 15.6. The highest BCUT2D eigenvalue weighted by atomic mass is 79.9. The lowest BCUT2D eigenvalue weighted by atomic mass is 9.99. The fourth-order valence-electron chi connectivity index (χ4n) is 4.43. The van der Waals surface area contributed by atoms with E-state index < -0.39 is 36.2 Å². The minimum Gasteiger partial charge on any atom is -0.306 e. The van der Waals surface area contributed by atoms with Crippen LogP contribution >= 0.6 is 39.1 Å². The second-order valence-electron chi connectivity index (χ2n) is 9.77. The van der Waals surface area contributed by atoms with Crippen molar-refractivity contribution in [3.05, 3.63) is 92.9 Å². The van der Waals surface area contributed by atoms with E-state index in [1.54, 1.807) is 57.2 Å². The topological polar surface area (TPSA) is 118 Å². The van der Waals surface area contributed by atoms with Crippen LogP contribution in [-0.2, 0) is 4.79 Å². The van der Waals surface area contributed by atoms with Crippen LogP contribution in [0.2, 0.25) is 10.0 Å². The third-order valence-electron chi connectivity index (χ3n) is 6.52. The highest BCUT2D eigenvalue weighted by Gasteiger charge is 2.56. The number of hydroxylamine groups is 2. The Kier molecular flexibility index (Phi) is 9.23. The van der Waals surface area contributed by atoms with Gasteiger partial charge in [0.15, 0.2) is 6.17 Å². The van der Waals surface area contributed by atoms with E-state index in [1.807, 2.05) is 24.3 Å². The number of halogens is 3. The first kappa shape index (κ1) is 30.3. The summed E-state index contributed by atoms with van der Waals surface area (Å²) in [5.74, 6) is -0.567. The number of urea groups is 2. The van der Waals surface area contributed by atoms with Crippen LogP contribution < -0.4 is 15.6 Å². The molecule has 4 rings (SSSR count). The number of hydrogen-bond donors (Lipinski definition) is 3. The van der Waals surface area contributed by atoms with E-state index in [2.05, 4.69) is 31.8 Å². The molecule has 1 saturated heterocycles. The maximum absolute atomic E-state index is 13.8. The summed E-state index contributed by atoms with van der Waals surface area (Å²) in [4.78, 5) is 42.4. The van der Waals surface area contributed by atoms with Crippen LogP contribution in [0.5, 0.6) is 0 Å². The molecule has 1 fully saturated rings. The van der Waals surface area contributed by atoms with Gasteiger partial charge in [-0.1, -0.05) is 63.4 Å². The Hall–Kier alpha value is -3.64. The number of benzene rings is 3. The van der Waals surface area contributed by atoms with Crippen molar-refractivity contribution in [2.75, 3.05) is 16.8 Å². The number of carbonyl (C=O) groups excluding carboxylic acids is 3. The molecule has 0 aromatic heterocycles. The van der Waals surface area contributed by atoms with E-state index in [1.165, 1.54) is 21.9 Å². The summed E-state index contributed by atoms with van der Waals surface area (Å²) in [5, 5.41) is 19.1. The molecule has 1 aliphatic rings. The van der Waals surface area contributed by atoms with Crippen molar-refractivity contribution >= 4 is 74.2 Å². The number of hydrazone groups is 1. The standard InChI is InChI=1S/C28H27BrCl2N6O4/c1-17(18-10-12-19(29)13-11-18)33-34-24(38)16-35-27(40)36(23-9-5-7-21(31)15-23)25(28(35,2)3)37(41)26(39)32-22-8-4-6-20(30)14-22/h4-15,25,41H,16H2,1-3H3,(H,32,39)(H,34,38)/b33-17-. The Labute approximate surface area is 255 Å². The van der Waals surface area contributed by atoms with Crippen LogP contribution in [0, 0.1) is 0 Å². The van der Waals surface area contributed by atoms with Crippen molar-refractivity contribution in [1.82, 2.24) is 15.4 Å². The zero-order chi connectivity index (χ0) is 29.9. The van der Waals surface area contributed by atoms with Crippen LogP contribution in [0.15, 0.2) is 82.4 Å². The molecule has 1 atom stereocenters. The van der Waals surface area contributed by atoms with Gasteiger partial charge in [-0.05, 0) is 74.9 Å². The van der Waals surface area contributed by atoms with Crippen molar-refractivity contribution in [2.45, 2.75) is 32.5 Å². The Morgan fingerprint density at radius 3 is 2.32 bits per heavy atom. The predicted octanol–water partition coefficient (Wildman–Crippen LogP) is 6.57. The van der Waals surface area contributed by atoms with Gasteiger partial charge in [0.1, 0.15) is 6.54 Å². The Bertz CT molecular complexity index is 1500. The number of amides is 5. The molecule has 0 aliphatic carbocycles. The number of anilines is 2. The fourth-order valence-corrected chi connectivity index (χ4v) is 5.07. The van der Waals surface area contributed by atoms with Gasteiger partial charge >= 0.3 is 12.1 Å². The Morgan fingerprint density at radius 2 is 1.68 bits per heavy atom. The molecule has 0 spiro atoms. The summed E-state index contributed by atoms with van der Waals surface area (Å²) in [7, 11) is 0. The molecule has 0 bridgehead atoms. The molecule has 0 radical (unpaired) electrons. The highest BCUT2D eigenvalue weighted by molar-refractivity contribution is 9.10. The first-order chi connectivity index (χ1) is 19.4. The van der Waals surface area contributed by atoms with Gasteiger partial charge in [0.2, 0.25) is 0 Å². The summed E-state index contributed by atoms with van der Waals surface area (Å²) in [6.45, 7) is 4.62. The maximum Gasteiger partial charge on any atom is 0.347 e. The monoisotopic (exact) mass is 660 g/mol. The van der Waals surface area contributed by atoms with Gasteiger partial charge < -0.3 is 10.2 Å². The van der Waals surface area contributed by atoms with E-state index in [4.69, 9.17) is 23.2 Å².